The maximum Gasteiger partial charge on any atom is 0.309 e. The molecule has 1 saturated carbocycles. The molecule has 0 amide bonds. The van der Waals surface area contributed by atoms with E-state index in [0.29, 0.717) is 12.3 Å². The lowest BCUT2D eigenvalue weighted by atomic mass is 9.79. The van der Waals surface area contributed by atoms with Crippen LogP contribution in [0.4, 0.5) is 0 Å². The van der Waals surface area contributed by atoms with E-state index in [1.165, 1.54) is 0 Å². The molecule has 3 rings (SSSR count). The summed E-state index contributed by atoms with van der Waals surface area (Å²) in [5, 5.41) is 10.8. The van der Waals surface area contributed by atoms with Crippen molar-refractivity contribution < 1.29 is 9.90 Å². The number of carbonyl (C=O) groups is 1. The van der Waals surface area contributed by atoms with Gasteiger partial charge in [-0.15, -0.1) is 0 Å². The second kappa shape index (κ2) is 4.89. The Bertz CT molecular complexity index is 647. The van der Waals surface area contributed by atoms with Crippen molar-refractivity contribution in [2.75, 3.05) is 0 Å². The normalized spacial score (nSPS) is 25.9. The van der Waals surface area contributed by atoms with Gasteiger partial charge < -0.3 is 5.11 Å². The van der Waals surface area contributed by atoms with E-state index in [2.05, 4.69) is 11.9 Å². The summed E-state index contributed by atoms with van der Waals surface area (Å²) in [6.45, 7) is 2.14. The average Bonchev–Trinajstić information content (AvgIpc) is 2.82. The number of hydrogen-bond donors (Lipinski definition) is 1. The van der Waals surface area contributed by atoms with Crippen LogP contribution in [0.3, 0.4) is 0 Å². The summed E-state index contributed by atoms with van der Waals surface area (Å²) in [5.41, 5.74) is 1.39. The maximum absolute atomic E-state index is 11.8. The largest absolute Gasteiger partial charge is 0.481 e. The highest BCUT2D eigenvalue weighted by molar-refractivity contribution is 5.83. The van der Waals surface area contributed by atoms with Crippen LogP contribution >= 0.6 is 0 Å². The van der Waals surface area contributed by atoms with E-state index in [1.807, 2.05) is 30.3 Å². The topological polar surface area (TPSA) is 50.2 Å². The molecule has 2 atom stereocenters. The number of nitrogens with zero attached hydrogens (tertiary/aromatic N) is 1. The molecule has 2 unspecified atom stereocenters. The van der Waals surface area contributed by atoms with E-state index in [-0.39, 0.29) is 0 Å². The van der Waals surface area contributed by atoms with E-state index in [9.17, 15) is 9.90 Å². The Morgan fingerprint density at radius 2 is 2.20 bits per heavy atom. The number of aromatic nitrogens is 1. The van der Waals surface area contributed by atoms with Crippen molar-refractivity contribution in [1.29, 1.82) is 0 Å². The standard InChI is InChI=1S/C17H19NO2/c1-12-7-8-17(10-12,16(19)20)11-14-5-2-4-13-6-3-9-18-15(13)14/h2-6,9,12H,7-8,10-11H2,1H3,(H,19,20). The van der Waals surface area contributed by atoms with Crippen molar-refractivity contribution in [3.8, 4) is 0 Å². The Balaban J connectivity index is 2.01. The van der Waals surface area contributed by atoms with E-state index in [1.54, 1.807) is 6.20 Å². The summed E-state index contributed by atoms with van der Waals surface area (Å²) in [4.78, 5) is 16.2. The first-order valence-corrected chi connectivity index (χ1v) is 7.17. The Morgan fingerprint density at radius 1 is 1.40 bits per heavy atom. The lowest BCUT2D eigenvalue weighted by Crippen LogP contribution is -2.30. The molecule has 1 aromatic heterocycles. The number of para-hydroxylation sites is 1. The van der Waals surface area contributed by atoms with Crippen LogP contribution in [-0.2, 0) is 11.2 Å². The number of rotatable bonds is 3. The smallest absolute Gasteiger partial charge is 0.309 e. The van der Waals surface area contributed by atoms with Gasteiger partial charge in [-0.05, 0) is 43.2 Å². The van der Waals surface area contributed by atoms with Crippen molar-refractivity contribution in [2.45, 2.75) is 32.6 Å². The van der Waals surface area contributed by atoms with Crippen LogP contribution < -0.4 is 0 Å². The number of fused-ring (bicyclic) bond motifs is 1. The first-order valence-electron chi connectivity index (χ1n) is 7.17. The number of benzene rings is 1. The van der Waals surface area contributed by atoms with Crippen LogP contribution in [0.2, 0.25) is 0 Å². The lowest BCUT2D eigenvalue weighted by molar-refractivity contribution is -0.148. The van der Waals surface area contributed by atoms with Crippen molar-refractivity contribution in [1.82, 2.24) is 4.98 Å². The summed E-state index contributed by atoms with van der Waals surface area (Å²) in [5.74, 6) is -0.163. The van der Waals surface area contributed by atoms with Gasteiger partial charge >= 0.3 is 5.97 Å². The van der Waals surface area contributed by atoms with Gasteiger partial charge in [0.1, 0.15) is 0 Å². The maximum atomic E-state index is 11.8. The molecule has 2 aromatic rings. The number of pyridine rings is 1. The van der Waals surface area contributed by atoms with Crippen LogP contribution in [-0.4, -0.2) is 16.1 Å². The molecule has 0 spiro atoms. The molecule has 20 heavy (non-hydrogen) atoms. The number of carboxylic acid groups (broad SMARTS) is 1. The molecule has 3 heteroatoms. The second-order valence-corrected chi connectivity index (χ2v) is 6.10. The highest BCUT2D eigenvalue weighted by Gasteiger charge is 2.44. The fraction of sp³-hybridized carbons (Fsp3) is 0.412. The molecule has 1 aliphatic rings. The van der Waals surface area contributed by atoms with Crippen molar-refractivity contribution >= 4 is 16.9 Å². The van der Waals surface area contributed by atoms with E-state index in [0.717, 1.165) is 35.7 Å². The van der Waals surface area contributed by atoms with Gasteiger partial charge in [0.05, 0.1) is 10.9 Å². The number of carboxylic acids is 1. The zero-order valence-corrected chi connectivity index (χ0v) is 11.7. The summed E-state index contributed by atoms with van der Waals surface area (Å²) in [6.07, 6.45) is 4.90. The van der Waals surface area contributed by atoms with Crippen LogP contribution in [0, 0.1) is 11.3 Å². The molecular formula is C17H19NO2. The molecule has 1 aliphatic carbocycles. The third-order valence-electron chi connectivity index (χ3n) is 4.55. The molecule has 1 fully saturated rings. The van der Waals surface area contributed by atoms with E-state index < -0.39 is 11.4 Å². The molecule has 0 radical (unpaired) electrons. The van der Waals surface area contributed by atoms with Gasteiger partial charge in [-0.2, -0.15) is 0 Å². The summed E-state index contributed by atoms with van der Waals surface area (Å²) in [7, 11) is 0. The summed E-state index contributed by atoms with van der Waals surface area (Å²) >= 11 is 0. The predicted octanol–water partition coefficient (Wildman–Crippen LogP) is 3.67. The third kappa shape index (κ3) is 2.17. The van der Waals surface area contributed by atoms with Crippen LogP contribution in [0.1, 0.15) is 31.7 Å². The minimum Gasteiger partial charge on any atom is -0.481 e. The van der Waals surface area contributed by atoms with Crippen molar-refractivity contribution in [3.63, 3.8) is 0 Å². The fourth-order valence-electron chi connectivity index (χ4n) is 3.50. The average molecular weight is 269 g/mol. The Kier molecular flexibility index (Phi) is 3.20. The van der Waals surface area contributed by atoms with E-state index in [4.69, 9.17) is 0 Å². The van der Waals surface area contributed by atoms with E-state index >= 15 is 0 Å². The number of aliphatic carboxylic acids is 1. The molecule has 1 N–H and O–H groups in total. The Morgan fingerprint density at radius 3 is 2.90 bits per heavy atom. The first-order chi connectivity index (χ1) is 9.61. The lowest BCUT2D eigenvalue weighted by Gasteiger charge is -2.24. The highest BCUT2D eigenvalue weighted by Crippen LogP contribution is 2.44. The van der Waals surface area contributed by atoms with Gasteiger partial charge in [0.15, 0.2) is 0 Å². The molecule has 1 heterocycles. The predicted molar refractivity (Wildman–Crippen MR) is 78.5 cm³/mol. The minimum atomic E-state index is -0.658. The van der Waals surface area contributed by atoms with Gasteiger partial charge in [-0.3, -0.25) is 9.78 Å². The van der Waals surface area contributed by atoms with Gasteiger partial charge in [0, 0.05) is 11.6 Å². The van der Waals surface area contributed by atoms with Crippen LogP contribution in [0.25, 0.3) is 10.9 Å². The van der Waals surface area contributed by atoms with Crippen molar-refractivity contribution in [3.05, 3.63) is 42.1 Å². The quantitative estimate of drug-likeness (QED) is 0.925. The van der Waals surface area contributed by atoms with Gasteiger partial charge in [-0.25, -0.2) is 0 Å². The highest BCUT2D eigenvalue weighted by atomic mass is 16.4. The summed E-state index contributed by atoms with van der Waals surface area (Å²) in [6, 6.07) is 9.97. The molecule has 1 aromatic carbocycles. The Hall–Kier alpha value is -1.90. The molecule has 0 aliphatic heterocycles. The van der Waals surface area contributed by atoms with Gasteiger partial charge in [-0.1, -0.05) is 31.2 Å². The zero-order valence-electron chi connectivity index (χ0n) is 11.7. The van der Waals surface area contributed by atoms with Crippen LogP contribution in [0.15, 0.2) is 36.5 Å². The third-order valence-corrected chi connectivity index (χ3v) is 4.55. The van der Waals surface area contributed by atoms with Gasteiger partial charge in [0.25, 0.3) is 0 Å². The molecular weight excluding hydrogens is 250 g/mol. The first kappa shape index (κ1) is 13.1. The SMILES string of the molecule is CC1CCC(Cc2cccc3cccnc23)(C(=O)O)C1. The molecule has 0 bridgehead atoms. The van der Waals surface area contributed by atoms with Crippen molar-refractivity contribution in [2.24, 2.45) is 11.3 Å². The molecule has 0 saturated heterocycles. The van der Waals surface area contributed by atoms with Gasteiger partial charge in [0.2, 0.25) is 0 Å². The number of hydrogen-bond acceptors (Lipinski definition) is 2. The second-order valence-electron chi connectivity index (χ2n) is 6.10. The molecule has 3 nitrogen and oxygen atoms in total. The Labute approximate surface area is 118 Å². The molecule has 104 valence electrons. The monoisotopic (exact) mass is 269 g/mol. The fourth-order valence-corrected chi connectivity index (χ4v) is 3.50. The summed E-state index contributed by atoms with van der Waals surface area (Å²) < 4.78 is 0. The van der Waals surface area contributed by atoms with Crippen LogP contribution in [0.5, 0.6) is 0 Å². The minimum absolute atomic E-state index is 0.494. The zero-order chi connectivity index (χ0) is 14.2.